The first-order valence-corrected chi connectivity index (χ1v) is 4.18. The molecule has 0 aliphatic rings. The third kappa shape index (κ3) is 9.88. The van der Waals surface area contributed by atoms with E-state index in [1.807, 2.05) is 6.92 Å². The maximum atomic E-state index is 5.47. The second-order valence-corrected chi connectivity index (χ2v) is 2.66. The van der Waals surface area contributed by atoms with E-state index in [1.54, 1.807) is 0 Å². The molecule has 0 radical (unpaired) electrons. The van der Waals surface area contributed by atoms with E-state index in [2.05, 4.69) is 6.92 Å². The average molecular weight is 161 g/mol. The summed E-state index contributed by atoms with van der Waals surface area (Å²) >= 11 is 0. The Kier molecular flexibility index (Phi) is 7.89. The number of rotatable bonds is 7. The Hall–Kier alpha value is -0.120. The summed E-state index contributed by atoms with van der Waals surface area (Å²) in [5, 5.41) is 0. The van der Waals surface area contributed by atoms with Crippen LogP contribution in [0.2, 0.25) is 0 Å². The van der Waals surface area contributed by atoms with Gasteiger partial charge in [-0.25, -0.2) is 0 Å². The van der Waals surface area contributed by atoms with Crippen LogP contribution in [0.5, 0.6) is 0 Å². The lowest BCUT2D eigenvalue weighted by atomic mass is 10.4. The minimum Gasteiger partial charge on any atom is -0.379 e. The van der Waals surface area contributed by atoms with Crippen LogP contribution in [0.4, 0.5) is 0 Å². The Morgan fingerprint density at radius 1 is 1.18 bits per heavy atom. The van der Waals surface area contributed by atoms with Crippen LogP contribution in [0.15, 0.2) is 0 Å². The lowest BCUT2D eigenvalue weighted by Gasteiger charge is -2.06. The highest BCUT2D eigenvalue weighted by atomic mass is 16.5. The van der Waals surface area contributed by atoms with Gasteiger partial charge >= 0.3 is 0 Å². The Bertz CT molecular complexity index is 76.5. The second kappa shape index (κ2) is 7.98. The van der Waals surface area contributed by atoms with Gasteiger partial charge in [-0.1, -0.05) is 6.92 Å². The van der Waals surface area contributed by atoms with Crippen molar-refractivity contribution in [3.8, 4) is 0 Å². The Morgan fingerprint density at radius 2 is 1.82 bits per heavy atom. The molecular formula is C8H19NO2. The number of hydrogen-bond acceptors (Lipinski definition) is 3. The zero-order chi connectivity index (χ0) is 8.53. The minimum absolute atomic E-state index is 0.126. The van der Waals surface area contributed by atoms with E-state index in [1.165, 1.54) is 0 Å². The fourth-order valence-electron chi connectivity index (χ4n) is 0.633. The highest BCUT2D eigenvalue weighted by molar-refractivity contribution is 4.47. The van der Waals surface area contributed by atoms with Gasteiger partial charge in [-0.05, 0) is 13.3 Å². The monoisotopic (exact) mass is 161 g/mol. The van der Waals surface area contributed by atoms with E-state index >= 15 is 0 Å². The van der Waals surface area contributed by atoms with Gasteiger partial charge in [0.05, 0.1) is 19.8 Å². The lowest BCUT2D eigenvalue weighted by molar-refractivity contribution is 0.0443. The molecule has 0 saturated heterocycles. The van der Waals surface area contributed by atoms with Gasteiger partial charge in [0, 0.05) is 12.6 Å². The quantitative estimate of drug-likeness (QED) is 0.561. The molecule has 0 heterocycles. The first-order chi connectivity index (χ1) is 5.27. The van der Waals surface area contributed by atoms with Crippen LogP contribution in [-0.2, 0) is 9.47 Å². The molecule has 0 spiro atoms. The summed E-state index contributed by atoms with van der Waals surface area (Å²) in [6.07, 6.45) is 1.06. The highest BCUT2D eigenvalue weighted by Crippen LogP contribution is 1.83. The summed E-state index contributed by atoms with van der Waals surface area (Å²) in [5.74, 6) is 0. The maximum Gasteiger partial charge on any atom is 0.0701 e. The van der Waals surface area contributed by atoms with Crippen molar-refractivity contribution in [1.29, 1.82) is 0 Å². The summed E-state index contributed by atoms with van der Waals surface area (Å²) in [5.41, 5.74) is 5.47. The zero-order valence-electron chi connectivity index (χ0n) is 7.51. The van der Waals surface area contributed by atoms with Crippen molar-refractivity contribution in [2.24, 2.45) is 5.73 Å². The summed E-state index contributed by atoms with van der Waals surface area (Å²) in [4.78, 5) is 0. The number of nitrogens with two attached hydrogens (primary N) is 1. The van der Waals surface area contributed by atoms with E-state index in [0.717, 1.165) is 13.0 Å². The Labute approximate surface area is 68.9 Å². The molecular weight excluding hydrogens is 142 g/mol. The zero-order valence-corrected chi connectivity index (χ0v) is 7.51. The van der Waals surface area contributed by atoms with E-state index in [9.17, 15) is 0 Å². The lowest BCUT2D eigenvalue weighted by Crippen LogP contribution is -2.23. The second-order valence-electron chi connectivity index (χ2n) is 2.66. The molecule has 68 valence electrons. The van der Waals surface area contributed by atoms with Crippen LogP contribution in [0.25, 0.3) is 0 Å². The van der Waals surface area contributed by atoms with Crippen LogP contribution < -0.4 is 5.73 Å². The summed E-state index contributed by atoms with van der Waals surface area (Å²) in [6.45, 7) is 6.79. The van der Waals surface area contributed by atoms with Crippen LogP contribution in [-0.4, -0.2) is 32.5 Å². The third-order valence-corrected chi connectivity index (χ3v) is 1.10. The summed E-state index contributed by atoms with van der Waals surface area (Å²) in [6, 6.07) is 0.126. The molecule has 0 aliphatic heterocycles. The van der Waals surface area contributed by atoms with Gasteiger partial charge in [-0.2, -0.15) is 0 Å². The van der Waals surface area contributed by atoms with Crippen molar-refractivity contribution in [3.63, 3.8) is 0 Å². The number of ether oxygens (including phenoxy) is 2. The normalized spacial score (nSPS) is 13.4. The molecule has 0 unspecified atom stereocenters. The third-order valence-electron chi connectivity index (χ3n) is 1.10. The van der Waals surface area contributed by atoms with Crippen molar-refractivity contribution >= 4 is 0 Å². The first kappa shape index (κ1) is 10.9. The van der Waals surface area contributed by atoms with Gasteiger partial charge in [0.25, 0.3) is 0 Å². The van der Waals surface area contributed by atoms with Gasteiger partial charge in [-0.15, -0.1) is 0 Å². The molecule has 0 rings (SSSR count). The molecule has 1 atom stereocenters. The SMILES string of the molecule is CCCOCCOC[C@@H](C)N. The largest absolute Gasteiger partial charge is 0.379 e. The van der Waals surface area contributed by atoms with Gasteiger partial charge in [0.1, 0.15) is 0 Å². The predicted octanol–water partition coefficient (Wildman–Crippen LogP) is 0.777. The molecule has 3 nitrogen and oxygen atoms in total. The fourth-order valence-corrected chi connectivity index (χ4v) is 0.633. The van der Waals surface area contributed by atoms with Gasteiger partial charge in [0.15, 0.2) is 0 Å². The van der Waals surface area contributed by atoms with E-state index < -0.39 is 0 Å². The van der Waals surface area contributed by atoms with Gasteiger partial charge in [-0.3, -0.25) is 0 Å². The van der Waals surface area contributed by atoms with Crippen molar-refractivity contribution in [2.75, 3.05) is 26.4 Å². The van der Waals surface area contributed by atoms with Crippen molar-refractivity contribution < 1.29 is 9.47 Å². The fraction of sp³-hybridized carbons (Fsp3) is 1.00. The van der Waals surface area contributed by atoms with Gasteiger partial charge < -0.3 is 15.2 Å². The first-order valence-electron chi connectivity index (χ1n) is 4.18. The van der Waals surface area contributed by atoms with E-state index in [4.69, 9.17) is 15.2 Å². The van der Waals surface area contributed by atoms with E-state index in [0.29, 0.717) is 19.8 Å². The van der Waals surface area contributed by atoms with Gasteiger partial charge in [0.2, 0.25) is 0 Å². The van der Waals surface area contributed by atoms with Crippen molar-refractivity contribution in [1.82, 2.24) is 0 Å². The number of hydrogen-bond donors (Lipinski definition) is 1. The molecule has 0 aromatic rings. The van der Waals surface area contributed by atoms with Crippen LogP contribution >= 0.6 is 0 Å². The highest BCUT2D eigenvalue weighted by Gasteiger charge is 1.92. The van der Waals surface area contributed by atoms with Crippen molar-refractivity contribution in [3.05, 3.63) is 0 Å². The Balaban J connectivity index is 2.80. The standard InChI is InChI=1S/C8H19NO2/c1-3-4-10-5-6-11-7-8(2)9/h8H,3-7,9H2,1-2H3/t8-/m1/s1. The van der Waals surface area contributed by atoms with Crippen molar-refractivity contribution in [2.45, 2.75) is 26.3 Å². The molecule has 0 bridgehead atoms. The van der Waals surface area contributed by atoms with E-state index in [-0.39, 0.29) is 6.04 Å². The van der Waals surface area contributed by atoms with Crippen LogP contribution in [0, 0.1) is 0 Å². The topological polar surface area (TPSA) is 44.5 Å². The Morgan fingerprint density at radius 3 is 2.36 bits per heavy atom. The molecule has 11 heavy (non-hydrogen) atoms. The van der Waals surface area contributed by atoms with Crippen LogP contribution in [0.3, 0.4) is 0 Å². The minimum atomic E-state index is 0.126. The smallest absolute Gasteiger partial charge is 0.0701 e. The molecule has 0 aliphatic carbocycles. The summed E-state index contributed by atoms with van der Waals surface area (Å²) < 4.78 is 10.4. The molecule has 0 aromatic carbocycles. The van der Waals surface area contributed by atoms with Crippen LogP contribution in [0.1, 0.15) is 20.3 Å². The maximum absolute atomic E-state index is 5.47. The predicted molar refractivity (Wildman–Crippen MR) is 45.6 cm³/mol. The molecule has 3 heteroatoms. The molecule has 2 N–H and O–H groups in total. The molecule has 0 amide bonds. The average Bonchev–Trinajstić information content (AvgIpc) is 1.96. The molecule has 0 aromatic heterocycles. The molecule has 0 saturated carbocycles. The summed E-state index contributed by atoms with van der Waals surface area (Å²) in [7, 11) is 0. The molecule has 0 fully saturated rings.